The van der Waals surface area contributed by atoms with E-state index in [4.69, 9.17) is 5.53 Å². The molecule has 19 heavy (non-hydrogen) atoms. The summed E-state index contributed by atoms with van der Waals surface area (Å²) in [5, 5.41) is 0. The molecule has 1 aliphatic carbocycles. The minimum Gasteiger partial charge on any atom is -0.361 e. The molecule has 6 nitrogen and oxygen atoms in total. The molecule has 1 aliphatic rings. The first-order valence-corrected chi connectivity index (χ1v) is 6.84. The summed E-state index contributed by atoms with van der Waals surface area (Å²) in [6, 6.07) is 8.21. The van der Waals surface area contributed by atoms with Crippen molar-refractivity contribution in [2.75, 3.05) is 4.31 Å². The van der Waals surface area contributed by atoms with E-state index in [0.717, 1.165) is 4.31 Å². The van der Waals surface area contributed by atoms with Crippen molar-refractivity contribution >= 4 is 21.7 Å². The summed E-state index contributed by atoms with van der Waals surface area (Å²) in [6.07, 6.45) is 4.77. The third-order valence-corrected chi connectivity index (χ3v) is 3.43. The molecule has 0 unspecified atom stereocenters. The van der Waals surface area contributed by atoms with E-state index in [-0.39, 0.29) is 6.42 Å². The van der Waals surface area contributed by atoms with Crippen LogP contribution in [-0.4, -0.2) is 23.5 Å². The molecule has 0 spiro atoms. The van der Waals surface area contributed by atoms with Crippen LogP contribution in [0.5, 0.6) is 0 Å². The van der Waals surface area contributed by atoms with Crippen LogP contribution in [0.4, 0.5) is 5.69 Å². The Morgan fingerprint density at radius 3 is 2.37 bits per heavy atom. The number of para-hydroxylation sites is 1. The summed E-state index contributed by atoms with van der Waals surface area (Å²) >= 11 is 0. The predicted octanol–water partition coefficient (Wildman–Crippen LogP) is 1.81. The van der Waals surface area contributed by atoms with Gasteiger partial charge in [0, 0.05) is 6.08 Å². The second kappa shape index (κ2) is 5.19. The van der Waals surface area contributed by atoms with Gasteiger partial charge in [0.1, 0.15) is 0 Å². The first-order valence-electron chi connectivity index (χ1n) is 5.44. The molecule has 0 saturated carbocycles. The first-order chi connectivity index (χ1) is 9.02. The lowest BCUT2D eigenvalue weighted by atomic mass is 10.1. The Hall–Kier alpha value is -2.21. The molecule has 0 atom stereocenters. The van der Waals surface area contributed by atoms with Crippen LogP contribution in [0.3, 0.4) is 0 Å². The number of hydrogen-bond donors (Lipinski definition) is 1. The van der Waals surface area contributed by atoms with Crippen molar-refractivity contribution < 1.29 is 17.8 Å². The predicted molar refractivity (Wildman–Crippen MR) is 70.9 cm³/mol. The number of rotatable bonds is 3. The van der Waals surface area contributed by atoms with Gasteiger partial charge in [-0.3, -0.25) is 4.55 Å². The number of benzene rings is 1. The quantitative estimate of drug-likeness (QED) is 0.518. The number of nitrogens with zero attached hydrogens (tertiary/aromatic N) is 3. The van der Waals surface area contributed by atoms with E-state index in [1.54, 1.807) is 36.4 Å². The lowest BCUT2D eigenvalue weighted by Gasteiger charge is -2.22. The molecule has 0 fully saturated rings. The van der Waals surface area contributed by atoms with Crippen molar-refractivity contribution in [2.45, 2.75) is 6.42 Å². The Morgan fingerprint density at radius 1 is 1.21 bits per heavy atom. The van der Waals surface area contributed by atoms with Crippen molar-refractivity contribution in [3.63, 3.8) is 0 Å². The largest absolute Gasteiger partial charge is 0.364 e. The van der Waals surface area contributed by atoms with Crippen molar-refractivity contribution in [3.05, 3.63) is 59.8 Å². The van der Waals surface area contributed by atoms with Gasteiger partial charge < -0.3 is 5.53 Å². The lowest BCUT2D eigenvalue weighted by Crippen LogP contribution is -2.29. The molecule has 1 aromatic rings. The van der Waals surface area contributed by atoms with Gasteiger partial charge >= 0.3 is 10.3 Å². The average Bonchev–Trinajstić information content (AvgIpc) is 2.39. The zero-order valence-electron chi connectivity index (χ0n) is 9.84. The van der Waals surface area contributed by atoms with Crippen LogP contribution >= 0.6 is 0 Å². The summed E-state index contributed by atoms with van der Waals surface area (Å²) in [5.41, 5.74) is 9.65. The second-order valence-electron chi connectivity index (χ2n) is 3.84. The highest BCUT2D eigenvalue weighted by molar-refractivity contribution is 7.87. The van der Waals surface area contributed by atoms with Gasteiger partial charge in [0.05, 0.1) is 17.8 Å². The fourth-order valence-corrected chi connectivity index (χ4v) is 2.52. The molecule has 0 radical (unpaired) electrons. The Morgan fingerprint density at radius 2 is 1.89 bits per heavy atom. The Bertz CT molecular complexity index is 686. The van der Waals surface area contributed by atoms with Gasteiger partial charge in [0.15, 0.2) is 0 Å². The standard InChI is InChI=1S/C12H11N3O3S/c13-14-10-6-8-12(9-7-10)15(19(16,17)18)11-4-2-1-3-5-11/h1-6,8-9H,7H2,(H,16,17,18). The third-order valence-electron chi connectivity index (χ3n) is 2.55. The highest BCUT2D eigenvalue weighted by atomic mass is 32.2. The van der Waals surface area contributed by atoms with E-state index in [1.165, 1.54) is 12.2 Å². The van der Waals surface area contributed by atoms with Crippen molar-refractivity contribution in [1.82, 2.24) is 0 Å². The Kier molecular flexibility index (Phi) is 3.62. The number of hydrogen-bond acceptors (Lipinski definition) is 2. The molecule has 2 rings (SSSR count). The fourth-order valence-electron chi connectivity index (χ4n) is 1.73. The van der Waals surface area contributed by atoms with Gasteiger partial charge in [-0.2, -0.15) is 13.2 Å². The van der Waals surface area contributed by atoms with Gasteiger partial charge in [-0.15, -0.1) is 0 Å². The van der Waals surface area contributed by atoms with E-state index in [2.05, 4.69) is 4.79 Å². The van der Waals surface area contributed by atoms with Crippen LogP contribution in [0.2, 0.25) is 0 Å². The fraction of sp³-hybridized carbons (Fsp3) is 0.0833. The molecule has 0 amide bonds. The van der Waals surface area contributed by atoms with E-state index in [0.29, 0.717) is 17.1 Å². The maximum atomic E-state index is 11.5. The normalized spacial score (nSPS) is 14.8. The van der Waals surface area contributed by atoms with Crippen molar-refractivity contribution in [3.8, 4) is 0 Å². The monoisotopic (exact) mass is 277 g/mol. The molecular formula is C12H11N3O3S. The molecule has 98 valence electrons. The maximum absolute atomic E-state index is 11.5. The minimum absolute atomic E-state index is 0.279. The van der Waals surface area contributed by atoms with E-state index < -0.39 is 10.3 Å². The average molecular weight is 277 g/mol. The molecule has 0 heterocycles. The summed E-state index contributed by atoms with van der Waals surface area (Å²) in [6.45, 7) is 0. The van der Waals surface area contributed by atoms with Gasteiger partial charge in [-0.25, -0.2) is 4.31 Å². The molecule has 0 bridgehead atoms. The topological polar surface area (TPSA) is 94.0 Å². The molecule has 1 aromatic carbocycles. The number of allylic oxidation sites excluding steroid dienone is 3. The molecule has 0 saturated heterocycles. The SMILES string of the molecule is [N-]=[N+]=C1C=CC(N(c2ccccc2)S(=O)(=O)O)=CC1. The summed E-state index contributed by atoms with van der Waals surface area (Å²) in [5.74, 6) is 0. The molecule has 7 heteroatoms. The highest BCUT2D eigenvalue weighted by Crippen LogP contribution is 2.24. The van der Waals surface area contributed by atoms with Crippen LogP contribution in [0.1, 0.15) is 6.42 Å². The summed E-state index contributed by atoms with van der Waals surface area (Å²) in [7, 11) is -4.43. The molecule has 0 aromatic heterocycles. The molecule has 0 aliphatic heterocycles. The summed E-state index contributed by atoms with van der Waals surface area (Å²) < 4.78 is 33.2. The van der Waals surface area contributed by atoms with Crippen LogP contribution in [-0.2, 0) is 10.3 Å². The van der Waals surface area contributed by atoms with Crippen LogP contribution < -0.4 is 4.31 Å². The Balaban J connectivity index is 2.45. The lowest BCUT2D eigenvalue weighted by molar-refractivity contribution is -0.00541. The third kappa shape index (κ3) is 2.97. The van der Waals surface area contributed by atoms with Crippen molar-refractivity contribution in [1.29, 1.82) is 0 Å². The first kappa shape index (κ1) is 13.2. The van der Waals surface area contributed by atoms with Gasteiger partial charge in [0.25, 0.3) is 5.71 Å². The Labute approximate surface area is 110 Å². The van der Waals surface area contributed by atoms with Gasteiger partial charge in [-0.1, -0.05) is 18.2 Å². The molecular weight excluding hydrogens is 266 g/mol. The zero-order chi connectivity index (χ0) is 13.9. The maximum Gasteiger partial charge on any atom is 0.364 e. The number of anilines is 1. The van der Waals surface area contributed by atoms with Crippen LogP contribution in [0, 0.1) is 0 Å². The second-order valence-corrected chi connectivity index (χ2v) is 5.10. The van der Waals surface area contributed by atoms with Gasteiger partial charge in [-0.05, 0) is 24.3 Å². The summed E-state index contributed by atoms with van der Waals surface area (Å²) in [4.78, 5) is 3.03. The minimum atomic E-state index is -4.43. The van der Waals surface area contributed by atoms with Crippen LogP contribution in [0.25, 0.3) is 5.53 Å². The smallest absolute Gasteiger partial charge is 0.361 e. The molecule has 1 N–H and O–H groups in total. The van der Waals surface area contributed by atoms with Crippen LogP contribution in [0.15, 0.2) is 54.3 Å². The van der Waals surface area contributed by atoms with E-state index in [1.807, 2.05) is 0 Å². The van der Waals surface area contributed by atoms with E-state index >= 15 is 0 Å². The zero-order valence-corrected chi connectivity index (χ0v) is 10.7. The highest BCUT2D eigenvalue weighted by Gasteiger charge is 2.24. The van der Waals surface area contributed by atoms with E-state index in [9.17, 15) is 13.0 Å². The van der Waals surface area contributed by atoms with Gasteiger partial charge in [0.2, 0.25) is 0 Å². The van der Waals surface area contributed by atoms with Crippen molar-refractivity contribution in [2.24, 2.45) is 0 Å².